The molecular weight excluding hydrogens is 278 g/mol. The molecule has 2 rings (SSSR count). The number of anilines is 1. The predicted molar refractivity (Wildman–Crippen MR) is 80.5 cm³/mol. The van der Waals surface area contributed by atoms with Crippen LogP contribution in [-0.4, -0.2) is 23.3 Å². The fraction of sp³-hybridized carbons (Fsp3) is 0.462. The molecule has 0 aliphatic heterocycles. The second-order valence-electron chi connectivity index (χ2n) is 4.74. The lowest BCUT2D eigenvalue weighted by atomic mass is 10.1. The van der Waals surface area contributed by atoms with Gasteiger partial charge in [0.1, 0.15) is 0 Å². The van der Waals surface area contributed by atoms with E-state index in [4.69, 9.17) is 0 Å². The first-order valence-electron chi connectivity index (χ1n) is 6.09. The van der Waals surface area contributed by atoms with E-state index >= 15 is 0 Å². The maximum Gasteiger partial charge on any atom is 0.186 e. The SMILES string of the molecule is Cc1ncsc1CN(C)c1nc(C(C)C)c(C=O)s1. The van der Waals surface area contributed by atoms with Crippen LogP contribution >= 0.6 is 22.7 Å². The number of hydrogen-bond acceptors (Lipinski definition) is 6. The van der Waals surface area contributed by atoms with Crippen molar-refractivity contribution in [2.24, 2.45) is 0 Å². The number of thiazole rings is 2. The molecule has 0 aromatic carbocycles. The van der Waals surface area contributed by atoms with Crippen LogP contribution in [0.4, 0.5) is 5.13 Å². The van der Waals surface area contributed by atoms with Gasteiger partial charge in [-0.1, -0.05) is 25.2 Å². The lowest BCUT2D eigenvalue weighted by Crippen LogP contribution is -2.16. The normalized spacial score (nSPS) is 11.0. The summed E-state index contributed by atoms with van der Waals surface area (Å²) in [6.45, 7) is 6.90. The minimum absolute atomic E-state index is 0.267. The van der Waals surface area contributed by atoms with Gasteiger partial charge in [-0.05, 0) is 12.8 Å². The minimum Gasteiger partial charge on any atom is -0.346 e. The van der Waals surface area contributed by atoms with Crippen molar-refractivity contribution in [3.63, 3.8) is 0 Å². The molecule has 0 radical (unpaired) electrons. The summed E-state index contributed by atoms with van der Waals surface area (Å²) < 4.78 is 0. The van der Waals surface area contributed by atoms with Crippen LogP contribution in [0.15, 0.2) is 5.51 Å². The van der Waals surface area contributed by atoms with E-state index in [2.05, 4.69) is 28.7 Å². The Bertz CT molecular complexity index is 574. The van der Waals surface area contributed by atoms with Crippen LogP contribution in [0.3, 0.4) is 0 Å². The van der Waals surface area contributed by atoms with Gasteiger partial charge in [0.15, 0.2) is 11.4 Å². The molecule has 2 aromatic heterocycles. The Hall–Kier alpha value is -1.27. The third-order valence-corrected chi connectivity index (χ3v) is 4.91. The lowest BCUT2D eigenvalue weighted by Gasteiger charge is -2.14. The second kappa shape index (κ2) is 5.79. The third kappa shape index (κ3) is 3.01. The van der Waals surface area contributed by atoms with Crippen LogP contribution in [0.25, 0.3) is 0 Å². The van der Waals surface area contributed by atoms with Gasteiger partial charge in [-0.25, -0.2) is 9.97 Å². The second-order valence-corrected chi connectivity index (χ2v) is 6.68. The van der Waals surface area contributed by atoms with Gasteiger partial charge in [0.25, 0.3) is 0 Å². The molecule has 0 bridgehead atoms. The van der Waals surface area contributed by atoms with Gasteiger partial charge in [-0.15, -0.1) is 11.3 Å². The highest BCUT2D eigenvalue weighted by molar-refractivity contribution is 7.17. The number of carbonyl (C=O) groups excluding carboxylic acids is 1. The Morgan fingerprint density at radius 2 is 2.21 bits per heavy atom. The zero-order chi connectivity index (χ0) is 14.0. The molecular formula is C13H17N3OS2. The number of aldehydes is 1. The zero-order valence-corrected chi connectivity index (χ0v) is 13.1. The van der Waals surface area contributed by atoms with E-state index in [-0.39, 0.29) is 5.92 Å². The molecule has 0 saturated carbocycles. The standard InChI is InChI=1S/C13H17N3OS2/c1-8(2)12-11(6-17)19-13(15-12)16(4)5-10-9(3)14-7-18-10/h6-8H,5H2,1-4H3. The zero-order valence-electron chi connectivity index (χ0n) is 11.5. The van der Waals surface area contributed by atoms with E-state index in [1.54, 1.807) is 11.3 Å². The summed E-state index contributed by atoms with van der Waals surface area (Å²) in [6, 6.07) is 0. The number of nitrogens with zero attached hydrogens (tertiary/aromatic N) is 3. The molecule has 0 amide bonds. The molecule has 0 fully saturated rings. The largest absolute Gasteiger partial charge is 0.346 e. The Morgan fingerprint density at radius 3 is 2.68 bits per heavy atom. The van der Waals surface area contributed by atoms with Crippen LogP contribution in [0.5, 0.6) is 0 Å². The predicted octanol–water partition coefficient (Wildman–Crippen LogP) is 3.48. The molecule has 0 spiro atoms. The minimum atomic E-state index is 0.267. The Morgan fingerprint density at radius 1 is 1.47 bits per heavy atom. The summed E-state index contributed by atoms with van der Waals surface area (Å²) in [6.07, 6.45) is 0.905. The third-order valence-electron chi connectivity index (χ3n) is 2.88. The summed E-state index contributed by atoms with van der Waals surface area (Å²) in [4.78, 5) is 24.0. The maximum atomic E-state index is 11.1. The van der Waals surface area contributed by atoms with Gasteiger partial charge < -0.3 is 4.90 Å². The van der Waals surface area contributed by atoms with Crippen molar-refractivity contribution >= 4 is 34.1 Å². The molecule has 0 saturated heterocycles. The van der Waals surface area contributed by atoms with Crippen LogP contribution in [0.1, 0.15) is 45.7 Å². The highest BCUT2D eigenvalue weighted by Gasteiger charge is 2.17. The Balaban J connectivity index is 2.22. The number of hydrogen-bond donors (Lipinski definition) is 0. The average molecular weight is 295 g/mol. The molecule has 102 valence electrons. The summed E-state index contributed by atoms with van der Waals surface area (Å²) in [5.74, 6) is 0.267. The van der Waals surface area contributed by atoms with Crippen LogP contribution in [0.2, 0.25) is 0 Å². The van der Waals surface area contributed by atoms with Crippen LogP contribution in [0, 0.1) is 6.92 Å². The molecule has 0 unspecified atom stereocenters. The molecule has 0 aliphatic rings. The highest BCUT2D eigenvalue weighted by atomic mass is 32.1. The molecule has 19 heavy (non-hydrogen) atoms. The van der Waals surface area contributed by atoms with E-state index in [0.29, 0.717) is 0 Å². The van der Waals surface area contributed by atoms with E-state index < -0.39 is 0 Å². The maximum absolute atomic E-state index is 11.1. The topological polar surface area (TPSA) is 46.1 Å². The van der Waals surface area contributed by atoms with Gasteiger partial charge in [-0.3, -0.25) is 4.79 Å². The molecule has 0 atom stereocenters. The smallest absolute Gasteiger partial charge is 0.186 e. The number of rotatable bonds is 5. The van der Waals surface area contributed by atoms with Crippen molar-refractivity contribution in [3.8, 4) is 0 Å². The van der Waals surface area contributed by atoms with Crippen molar-refractivity contribution in [1.82, 2.24) is 9.97 Å². The first kappa shape index (κ1) is 14.1. The monoisotopic (exact) mass is 295 g/mol. The summed E-state index contributed by atoms with van der Waals surface area (Å²) >= 11 is 3.10. The Kier molecular flexibility index (Phi) is 4.31. The molecule has 2 heterocycles. The fourth-order valence-corrected chi connectivity index (χ4v) is 3.58. The molecule has 0 N–H and O–H groups in total. The average Bonchev–Trinajstić information content (AvgIpc) is 2.96. The lowest BCUT2D eigenvalue weighted by molar-refractivity contribution is 0.112. The summed E-state index contributed by atoms with van der Waals surface area (Å²) in [7, 11) is 2.00. The van der Waals surface area contributed by atoms with Crippen molar-refractivity contribution in [2.75, 3.05) is 11.9 Å². The fourth-order valence-electron chi connectivity index (χ4n) is 1.75. The quantitative estimate of drug-likeness (QED) is 0.792. The highest BCUT2D eigenvalue weighted by Crippen LogP contribution is 2.30. The summed E-state index contributed by atoms with van der Waals surface area (Å²) in [5, 5.41) is 0.888. The van der Waals surface area contributed by atoms with E-state index in [9.17, 15) is 4.79 Å². The van der Waals surface area contributed by atoms with Gasteiger partial charge >= 0.3 is 0 Å². The van der Waals surface area contributed by atoms with Crippen molar-refractivity contribution in [2.45, 2.75) is 33.2 Å². The van der Waals surface area contributed by atoms with Gasteiger partial charge in [-0.2, -0.15) is 0 Å². The Labute approximate surface area is 121 Å². The van der Waals surface area contributed by atoms with Crippen LogP contribution < -0.4 is 4.90 Å². The van der Waals surface area contributed by atoms with E-state index in [1.807, 2.05) is 19.5 Å². The van der Waals surface area contributed by atoms with Crippen molar-refractivity contribution in [1.29, 1.82) is 0 Å². The molecule has 2 aromatic rings. The number of aromatic nitrogens is 2. The molecule has 6 heteroatoms. The molecule has 0 aliphatic carbocycles. The number of carbonyl (C=O) groups is 1. The van der Waals surface area contributed by atoms with E-state index in [0.717, 1.165) is 34.2 Å². The van der Waals surface area contributed by atoms with Gasteiger partial charge in [0.2, 0.25) is 0 Å². The van der Waals surface area contributed by atoms with E-state index in [1.165, 1.54) is 16.2 Å². The van der Waals surface area contributed by atoms with Gasteiger partial charge in [0, 0.05) is 11.9 Å². The van der Waals surface area contributed by atoms with Gasteiger partial charge in [0.05, 0.1) is 28.3 Å². The number of aryl methyl sites for hydroxylation is 1. The van der Waals surface area contributed by atoms with Crippen molar-refractivity contribution in [3.05, 3.63) is 26.7 Å². The van der Waals surface area contributed by atoms with Crippen molar-refractivity contribution < 1.29 is 4.79 Å². The first-order chi connectivity index (χ1) is 9.02. The van der Waals surface area contributed by atoms with Crippen LogP contribution in [-0.2, 0) is 6.54 Å². The molecule has 4 nitrogen and oxygen atoms in total. The first-order valence-corrected chi connectivity index (χ1v) is 7.78. The summed E-state index contributed by atoms with van der Waals surface area (Å²) in [5.41, 5.74) is 3.81.